The number of nitrogens with zero attached hydrogens (tertiary/aromatic N) is 1. The average molecular weight is 443 g/mol. The van der Waals surface area contributed by atoms with Crippen LogP contribution in [0.4, 0.5) is 0 Å². The van der Waals surface area contributed by atoms with Crippen LogP contribution >= 0.6 is 0 Å². The SMILES string of the molecule is CCOC(=O)/C1=C/CCN2CC=C(C(=O)OCc3ccccc3)C2c2c1[nH]c1ccccc21. The van der Waals surface area contributed by atoms with Gasteiger partial charge in [0.15, 0.2) is 0 Å². The van der Waals surface area contributed by atoms with Gasteiger partial charge in [-0.3, -0.25) is 4.90 Å². The lowest BCUT2D eigenvalue weighted by molar-refractivity contribution is -0.141. The van der Waals surface area contributed by atoms with E-state index in [9.17, 15) is 9.59 Å². The van der Waals surface area contributed by atoms with E-state index >= 15 is 0 Å². The lowest BCUT2D eigenvalue weighted by atomic mass is 9.92. The van der Waals surface area contributed by atoms with Gasteiger partial charge in [0, 0.05) is 29.6 Å². The maximum Gasteiger partial charge on any atom is 0.339 e. The van der Waals surface area contributed by atoms with Gasteiger partial charge in [-0.05, 0) is 25.0 Å². The zero-order chi connectivity index (χ0) is 22.8. The quantitative estimate of drug-likeness (QED) is 0.587. The summed E-state index contributed by atoms with van der Waals surface area (Å²) in [4.78, 5) is 31.8. The first-order valence-electron chi connectivity index (χ1n) is 11.3. The van der Waals surface area contributed by atoms with Crippen LogP contribution < -0.4 is 0 Å². The van der Waals surface area contributed by atoms with E-state index in [1.54, 1.807) is 6.92 Å². The predicted molar refractivity (Wildman–Crippen MR) is 126 cm³/mol. The van der Waals surface area contributed by atoms with Gasteiger partial charge in [0.1, 0.15) is 6.61 Å². The second-order valence-corrected chi connectivity index (χ2v) is 8.20. The van der Waals surface area contributed by atoms with Gasteiger partial charge in [-0.2, -0.15) is 0 Å². The highest BCUT2D eigenvalue weighted by molar-refractivity contribution is 6.18. The molecule has 0 bridgehead atoms. The Kier molecular flexibility index (Phi) is 5.84. The Morgan fingerprint density at radius 2 is 1.79 bits per heavy atom. The Hall–Kier alpha value is -3.64. The molecule has 2 aliphatic rings. The summed E-state index contributed by atoms with van der Waals surface area (Å²) in [5.41, 5.74) is 4.63. The Morgan fingerprint density at radius 3 is 2.61 bits per heavy atom. The van der Waals surface area contributed by atoms with Crippen molar-refractivity contribution in [3.63, 3.8) is 0 Å². The summed E-state index contributed by atoms with van der Waals surface area (Å²) < 4.78 is 11.1. The molecule has 1 aromatic heterocycles. The summed E-state index contributed by atoms with van der Waals surface area (Å²) >= 11 is 0. The molecule has 1 unspecified atom stereocenters. The maximum atomic E-state index is 13.2. The minimum absolute atomic E-state index is 0.221. The largest absolute Gasteiger partial charge is 0.462 e. The standard InChI is InChI=1S/C27H26N2O4/c1-2-32-26(30)20-12-8-15-29-16-14-21(27(31)33-17-18-9-4-3-5-10-18)25(29)23-19-11-6-7-13-22(19)28-24(20)23/h3-7,9-14,25,28H,2,8,15-17H2,1H3/b20-12+. The Balaban J connectivity index is 1.55. The van der Waals surface area contributed by atoms with E-state index in [1.165, 1.54) is 0 Å². The summed E-state index contributed by atoms with van der Waals surface area (Å²) in [7, 11) is 0. The van der Waals surface area contributed by atoms with Crippen molar-refractivity contribution >= 4 is 28.4 Å². The lowest BCUT2D eigenvalue weighted by Crippen LogP contribution is -2.30. The number of hydrogen-bond acceptors (Lipinski definition) is 5. The molecular weight excluding hydrogens is 416 g/mol. The number of H-pyrrole nitrogens is 1. The molecule has 3 heterocycles. The number of benzene rings is 2. The van der Waals surface area contributed by atoms with Gasteiger partial charge >= 0.3 is 11.9 Å². The molecule has 0 saturated carbocycles. The number of ether oxygens (including phenoxy) is 2. The molecule has 6 heteroatoms. The monoisotopic (exact) mass is 442 g/mol. The molecule has 33 heavy (non-hydrogen) atoms. The van der Waals surface area contributed by atoms with Crippen molar-refractivity contribution in [1.82, 2.24) is 9.88 Å². The molecule has 0 amide bonds. The molecule has 5 rings (SSSR count). The number of fused-ring (bicyclic) bond motifs is 5. The second-order valence-electron chi connectivity index (χ2n) is 8.20. The van der Waals surface area contributed by atoms with Crippen molar-refractivity contribution < 1.29 is 19.1 Å². The fourth-order valence-corrected chi connectivity index (χ4v) is 4.72. The van der Waals surface area contributed by atoms with Crippen LogP contribution in [0.25, 0.3) is 16.5 Å². The smallest absolute Gasteiger partial charge is 0.339 e. The molecule has 2 aromatic carbocycles. The first kappa shape index (κ1) is 21.2. The highest BCUT2D eigenvalue weighted by Crippen LogP contribution is 2.43. The second kappa shape index (κ2) is 9.08. The summed E-state index contributed by atoms with van der Waals surface area (Å²) in [6.45, 7) is 3.70. The van der Waals surface area contributed by atoms with Crippen LogP contribution in [0.2, 0.25) is 0 Å². The van der Waals surface area contributed by atoms with Crippen LogP contribution in [0.15, 0.2) is 72.3 Å². The number of nitrogens with one attached hydrogen (secondary N) is 1. The van der Waals surface area contributed by atoms with E-state index in [4.69, 9.17) is 9.47 Å². The third-order valence-corrected chi connectivity index (χ3v) is 6.20. The Labute approximate surface area is 192 Å². The summed E-state index contributed by atoms with van der Waals surface area (Å²) in [6.07, 6.45) is 4.58. The highest BCUT2D eigenvalue weighted by atomic mass is 16.5. The van der Waals surface area contributed by atoms with Gasteiger partial charge in [0.05, 0.1) is 29.5 Å². The Morgan fingerprint density at radius 1 is 1.00 bits per heavy atom. The summed E-state index contributed by atoms with van der Waals surface area (Å²) in [5, 5.41) is 0.989. The normalized spacial score (nSPS) is 19.5. The number of carbonyl (C=O) groups excluding carboxylic acids is 2. The molecule has 0 saturated heterocycles. The van der Waals surface area contributed by atoms with E-state index in [2.05, 4.69) is 9.88 Å². The number of carbonyl (C=O) groups is 2. The van der Waals surface area contributed by atoms with E-state index in [0.29, 0.717) is 36.4 Å². The maximum absolute atomic E-state index is 13.2. The van der Waals surface area contributed by atoms with Crippen molar-refractivity contribution in [2.75, 3.05) is 19.7 Å². The first-order valence-corrected chi connectivity index (χ1v) is 11.3. The van der Waals surface area contributed by atoms with E-state index < -0.39 is 0 Å². The molecule has 0 fully saturated rings. The fraction of sp³-hybridized carbons (Fsp3) is 0.259. The zero-order valence-corrected chi connectivity index (χ0v) is 18.5. The minimum Gasteiger partial charge on any atom is -0.462 e. The van der Waals surface area contributed by atoms with E-state index in [0.717, 1.165) is 28.6 Å². The van der Waals surface area contributed by atoms with Crippen molar-refractivity contribution in [2.45, 2.75) is 26.0 Å². The molecular formula is C27H26N2O4. The van der Waals surface area contributed by atoms with E-state index in [-0.39, 0.29) is 24.6 Å². The van der Waals surface area contributed by atoms with Crippen LogP contribution in [-0.4, -0.2) is 41.5 Å². The number of rotatable bonds is 5. The average Bonchev–Trinajstić information content (AvgIpc) is 3.40. The molecule has 0 spiro atoms. The van der Waals surface area contributed by atoms with Crippen LogP contribution in [0.1, 0.15) is 36.2 Å². The summed E-state index contributed by atoms with van der Waals surface area (Å²) in [5.74, 6) is -0.682. The predicted octanol–water partition coefficient (Wildman–Crippen LogP) is 4.54. The number of aromatic nitrogens is 1. The van der Waals surface area contributed by atoms with Crippen LogP contribution in [0.3, 0.4) is 0 Å². The molecule has 3 aromatic rings. The van der Waals surface area contributed by atoms with Crippen molar-refractivity contribution in [3.05, 3.63) is 89.1 Å². The first-order chi connectivity index (χ1) is 16.2. The van der Waals surface area contributed by atoms with Crippen LogP contribution in [0, 0.1) is 0 Å². The third-order valence-electron chi connectivity index (χ3n) is 6.20. The molecule has 168 valence electrons. The van der Waals surface area contributed by atoms with Crippen molar-refractivity contribution in [2.24, 2.45) is 0 Å². The number of esters is 2. The van der Waals surface area contributed by atoms with Crippen LogP contribution in [0.5, 0.6) is 0 Å². The number of aromatic amines is 1. The zero-order valence-electron chi connectivity index (χ0n) is 18.5. The van der Waals surface area contributed by atoms with Crippen molar-refractivity contribution in [1.29, 1.82) is 0 Å². The van der Waals surface area contributed by atoms with Gasteiger partial charge in [0.25, 0.3) is 0 Å². The molecule has 1 atom stereocenters. The third kappa shape index (κ3) is 3.98. The molecule has 0 aliphatic carbocycles. The van der Waals surface area contributed by atoms with Crippen LogP contribution in [-0.2, 0) is 25.7 Å². The highest BCUT2D eigenvalue weighted by Gasteiger charge is 2.39. The number of hydrogen-bond donors (Lipinski definition) is 1. The van der Waals surface area contributed by atoms with Gasteiger partial charge in [-0.1, -0.05) is 60.7 Å². The number of para-hydroxylation sites is 1. The minimum atomic E-state index is -0.353. The van der Waals surface area contributed by atoms with E-state index in [1.807, 2.05) is 66.7 Å². The van der Waals surface area contributed by atoms with Gasteiger partial charge in [-0.15, -0.1) is 0 Å². The topological polar surface area (TPSA) is 71.6 Å². The molecule has 1 N–H and O–H groups in total. The Bertz CT molecular complexity index is 1260. The van der Waals surface area contributed by atoms with Gasteiger partial charge in [-0.25, -0.2) is 9.59 Å². The fourth-order valence-electron chi connectivity index (χ4n) is 4.72. The molecule has 2 aliphatic heterocycles. The summed E-state index contributed by atoms with van der Waals surface area (Å²) in [6, 6.07) is 17.3. The van der Waals surface area contributed by atoms with Crippen molar-refractivity contribution in [3.8, 4) is 0 Å². The van der Waals surface area contributed by atoms with Gasteiger partial charge in [0.2, 0.25) is 0 Å². The lowest BCUT2D eigenvalue weighted by Gasteiger charge is -2.29. The molecule has 6 nitrogen and oxygen atoms in total. The van der Waals surface area contributed by atoms with Gasteiger partial charge < -0.3 is 14.5 Å². The molecule has 0 radical (unpaired) electrons.